The lowest BCUT2D eigenvalue weighted by molar-refractivity contribution is 0.0763. The van der Waals surface area contributed by atoms with E-state index >= 15 is 0 Å². The molecule has 18 heavy (non-hydrogen) atoms. The summed E-state index contributed by atoms with van der Waals surface area (Å²) >= 11 is 5.72. The first-order chi connectivity index (χ1) is 8.60. The summed E-state index contributed by atoms with van der Waals surface area (Å²) < 4.78 is 0. The lowest BCUT2D eigenvalue weighted by Crippen LogP contribution is -2.33. The quantitative estimate of drug-likeness (QED) is 0.806. The first kappa shape index (κ1) is 14.8. The molecule has 0 aliphatic heterocycles. The van der Waals surface area contributed by atoms with Gasteiger partial charge in [0.05, 0.1) is 0 Å². The fraction of sp³-hybridized carbons (Fsp3) is 0.500. The number of carbonyl (C=O) groups excluding carboxylic acids is 1. The van der Waals surface area contributed by atoms with Gasteiger partial charge < -0.3 is 10.0 Å². The predicted molar refractivity (Wildman–Crippen MR) is 74.4 cm³/mol. The monoisotopic (exact) mass is 269 g/mol. The third-order valence-electron chi connectivity index (χ3n) is 2.88. The van der Waals surface area contributed by atoms with Crippen LogP contribution in [0.15, 0.2) is 18.2 Å². The first-order valence-corrected chi connectivity index (χ1v) is 6.78. The van der Waals surface area contributed by atoms with Gasteiger partial charge in [0.25, 0.3) is 5.91 Å². The fourth-order valence-electron chi connectivity index (χ4n) is 1.69. The number of aryl methyl sites for hydroxylation is 1. The van der Waals surface area contributed by atoms with Gasteiger partial charge >= 0.3 is 0 Å². The molecule has 0 bridgehead atoms. The number of aromatic hydroxyl groups is 1. The summed E-state index contributed by atoms with van der Waals surface area (Å²) in [4.78, 5) is 14.0. The van der Waals surface area contributed by atoms with Crippen molar-refractivity contribution >= 4 is 17.5 Å². The Balaban J connectivity index is 2.83. The Bertz CT molecular complexity index is 407. The van der Waals surface area contributed by atoms with E-state index in [0.29, 0.717) is 24.5 Å². The van der Waals surface area contributed by atoms with Crippen LogP contribution in [0.25, 0.3) is 0 Å². The molecule has 0 unspecified atom stereocenters. The zero-order valence-corrected chi connectivity index (χ0v) is 11.7. The number of nitrogens with zero attached hydrogens (tertiary/aromatic N) is 1. The Morgan fingerprint density at radius 1 is 1.39 bits per heavy atom. The zero-order chi connectivity index (χ0) is 13.5. The van der Waals surface area contributed by atoms with Gasteiger partial charge in [0.2, 0.25) is 0 Å². The van der Waals surface area contributed by atoms with Crippen molar-refractivity contribution in [2.24, 2.45) is 0 Å². The molecule has 0 atom stereocenters. The number of alkyl halides is 1. The van der Waals surface area contributed by atoms with Crippen LogP contribution < -0.4 is 0 Å². The molecule has 0 spiro atoms. The number of hydrogen-bond donors (Lipinski definition) is 1. The van der Waals surface area contributed by atoms with Crippen LogP contribution >= 0.6 is 11.6 Å². The minimum absolute atomic E-state index is 0.0700. The molecule has 1 amide bonds. The summed E-state index contributed by atoms with van der Waals surface area (Å²) in [7, 11) is 0. The van der Waals surface area contributed by atoms with E-state index in [-0.39, 0.29) is 11.7 Å². The van der Waals surface area contributed by atoms with Crippen molar-refractivity contribution in [2.75, 3.05) is 19.0 Å². The van der Waals surface area contributed by atoms with E-state index in [2.05, 4.69) is 6.92 Å². The maximum absolute atomic E-state index is 12.3. The van der Waals surface area contributed by atoms with Crippen molar-refractivity contribution in [3.63, 3.8) is 0 Å². The molecule has 4 heteroatoms. The smallest absolute Gasteiger partial charge is 0.254 e. The summed E-state index contributed by atoms with van der Waals surface area (Å²) in [5.74, 6) is 0.509. The summed E-state index contributed by atoms with van der Waals surface area (Å²) in [5, 5.41) is 9.64. The van der Waals surface area contributed by atoms with Gasteiger partial charge in [-0.3, -0.25) is 4.79 Å². The average molecular weight is 270 g/mol. The van der Waals surface area contributed by atoms with Gasteiger partial charge in [0.1, 0.15) is 5.75 Å². The number of benzene rings is 1. The lowest BCUT2D eigenvalue weighted by Gasteiger charge is -2.21. The van der Waals surface area contributed by atoms with Crippen LogP contribution in [0.1, 0.15) is 35.7 Å². The van der Waals surface area contributed by atoms with Crippen LogP contribution in [-0.2, 0) is 0 Å². The van der Waals surface area contributed by atoms with Crippen LogP contribution in [0.4, 0.5) is 0 Å². The summed E-state index contributed by atoms with van der Waals surface area (Å²) in [6.45, 7) is 5.13. The van der Waals surface area contributed by atoms with E-state index in [1.807, 2.05) is 0 Å². The molecule has 1 aromatic rings. The van der Waals surface area contributed by atoms with Crippen molar-refractivity contribution < 1.29 is 9.90 Å². The van der Waals surface area contributed by atoms with Gasteiger partial charge in [-0.25, -0.2) is 0 Å². The number of rotatable bonds is 6. The van der Waals surface area contributed by atoms with Crippen LogP contribution in [0.3, 0.4) is 0 Å². The van der Waals surface area contributed by atoms with E-state index < -0.39 is 0 Å². The molecule has 0 saturated carbocycles. The molecule has 1 N–H and O–H groups in total. The fourth-order valence-corrected chi connectivity index (χ4v) is 1.89. The summed E-state index contributed by atoms with van der Waals surface area (Å²) in [6.07, 6.45) is 1.99. The predicted octanol–water partition coefficient (Wildman–Crippen LogP) is 3.18. The highest BCUT2D eigenvalue weighted by atomic mass is 35.5. The second-order valence-corrected chi connectivity index (χ2v) is 4.71. The van der Waals surface area contributed by atoms with Gasteiger partial charge in [-0.1, -0.05) is 19.4 Å². The third kappa shape index (κ3) is 3.91. The molecule has 0 aromatic heterocycles. The van der Waals surface area contributed by atoms with Crippen molar-refractivity contribution in [3.8, 4) is 5.75 Å². The maximum Gasteiger partial charge on any atom is 0.254 e. The third-order valence-corrected chi connectivity index (χ3v) is 3.05. The highest BCUT2D eigenvalue weighted by molar-refractivity contribution is 6.18. The van der Waals surface area contributed by atoms with Gasteiger partial charge in [-0.05, 0) is 31.0 Å². The maximum atomic E-state index is 12.3. The first-order valence-electron chi connectivity index (χ1n) is 6.25. The Labute approximate surface area is 113 Å². The number of amides is 1. The normalized spacial score (nSPS) is 10.4. The second-order valence-electron chi connectivity index (χ2n) is 4.34. The molecule has 0 aliphatic rings. The van der Waals surface area contributed by atoms with E-state index in [9.17, 15) is 9.90 Å². The van der Waals surface area contributed by atoms with Crippen LogP contribution in [-0.4, -0.2) is 34.9 Å². The van der Waals surface area contributed by atoms with Crippen LogP contribution in [0.5, 0.6) is 5.75 Å². The molecule has 3 nitrogen and oxygen atoms in total. The number of halogens is 1. The molecule has 1 aromatic carbocycles. The molecule has 0 radical (unpaired) electrons. The average Bonchev–Trinajstić information content (AvgIpc) is 2.37. The molecule has 0 saturated heterocycles. The van der Waals surface area contributed by atoms with Gasteiger partial charge in [-0.2, -0.15) is 0 Å². The highest BCUT2D eigenvalue weighted by Gasteiger charge is 2.15. The molecule has 0 aliphatic carbocycles. The number of hydrogen-bond acceptors (Lipinski definition) is 2. The van der Waals surface area contributed by atoms with E-state index in [0.717, 1.165) is 18.4 Å². The van der Waals surface area contributed by atoms with Crippen LogP contribution in [0, 0.1) is 6.92 Å². The molecular formula is C14H20ClNO2. The Morgan fingerprint density at radius 2 is 2.11 bits per heavy atom. The minimum atomic E-state index is -0.0700. The molecular weight excluding hydrogens is 250 g/mol. The zero-order valence-electron chi connectivity index (χ0n) is 10.9. The molecule has 0 heterocycles. The number of phenolic OH excluding ortho intramolecular Hbond substituents is 1. The highest BCUT2D eigenvalue weighted by Crippen LogP contribution is 2.18. The molecule has 100 valence electrons. The Kier molecular flexibility index (Phi) is 5.99. The van der Waals surface area contributed by atoms with Crippen molar-refractivity contribution in [1.29, 1.82) is 0 Å². The van der Waals surface area contributed by atoms with E-state index in [4.69, 9.17) is 11.6 Å². The number of carbonyl (C=O) groups is 1. The largest absolute Gasteiger partial charge is 0.508 e. The van der Waals surface area contributed by atoms with E-state index in [1.165, 1.54) is 6.07 Å². The van der Waals surface area contributed by atoms with Crippen LogP contribution in [0.2, 0.25) is 0 Å². The minimum Gasteiger partial charge on any atom is -0.508 e. The summed E-state index contributed by atoms with van der Waals surface area (Å²) in [6, 6.07) is 5.01. The van der Waals surface area contributed by atoms with Crippen molar-refractivity contribution in [1.82, 2.24) is 4.90 Å². The standard InChI is InChI=1S/C14H20ClNO2/c1-3-4-8-16(9-7-15)14(18)12-6-5-11(2)13(17)10-12/h5-6,10,17H,3-4,7-9H2,1-2H3. The van der Waals surface area contributed by atoms with E-state index in [1.54, 1.807) is 24.0 Å². The van der Waals surface area contributed by atoms with Crippen molar-refractivity contribution in [2.45, 2.75) is 26.7 Å². The van der Waals surface area contributed by atoms with Gasteiger partial charge in [0.15, 0.2) is 0 Å². The number of unbranched alkanes of at least 4 members (excludes halogenated alkanes) is 1. The van der Waals surface area contributed by atoms with Crippen molar-refractivity contribution in [3.05, 3.63) is 29.3 Å². The second kappa shape index (κ2) is 7.27. The topological polar surface area (TPSA) is 40.5 Å². The van der Waals surface area contributed by atoms with Gasteiger partial charge in [0, 0.05) is 24.5 Å². The SMILES string of the molecule is CCCCN(CCCl)C(=O)c1ccc(C)c(O)c1. The lowest BCUT2D eigenvalue weighted by atomic mass is 10.1. The Morgan fingerprint density at radius 3 is 2.67 bits per heavy atom. The Hall–Kier alpha value is -1.22. The number of phenols is 1. The molecule has 0 fully saturated rings. The molecule has 1 rings (SSSR count). The summed E-state index contributed by atoms with van der Waals surface area (Å²) in [5.41, 5.74) is 1.28. The van der Waals surface area contributed by atoms with Gasteiger partial charge in [-0.15, -0.1) is 11.6 Å².